The molecule has 2 aromatic carbocycles. The number of nitrogens with one attached hydrogen (secondary N) is 2. The molecular weight excluding hydrogens is 306 g/mol. The summed E-state index contributed by atoms with van der Waals surface area (Å²) in [6, 6.07) is 15.9. The summed E-state index contributed by atoms with van der Waals surface area (Å²) in [5, 5.41) is 16.0. The van der Waals surface area contributed by atoms with Crippen molar-refractivity contribution in [2.75, 3.05) is 6.54 Å². The molecule has 0 bridgehead atoms. The van der Waals surface area contributed by atoms with Gasteiger partial charge >= 0.3 is 0 Å². The van der Waals surface area contributed by atoms with E-state index in [1.54, 1.807) is 18.2 Å². The number of nitrogens with zero attached hydrogens (tertiary/aromatic N) is 1. The van der Waals surface area contributed by atoms with Gasteiger partial charge in [0.25, 0.3) is 5.91 Å². The normalized spacial score (nSPS) is 20.1. The maximum Gasteiger partial charge on any atom is 0.253 e. The first-order valence-corrected chi connectivity index (χ1v) is 7.60. The van der Waals surface area contributed by atoms with Gasteiger partial charge in [-0.2, -0.15) is 5.10 Å². The molecule has 6 heteroatoms. The lowest BCUT2D eigenvalue weighted by Crippen LogP contribution is -2.34. The van der Waals surface area contributed by atoms with Crippen molar-refractivity contribution in [2.45, 2.75) is 5.92 Å². The summed E-state index contributed by atoms with van der Waals surface area (Å²) in [6.07, 6.45) is 1.42. The van der Waals surface area contributed by atoms with Gasteiger partial charge in [-0.25, -0.2) is 5.43 Å². The highest BCUT2D eigenvalue weighted by atomic mass is 16.3. The lowest BCUT2D eigenvalue weighted by Gasteiger charge is -2.15. The van der Waals surface area contributed by atoms with Crippen LogP contribution in [0.2, 0.25) is 0 Å². The van der Waals surface area contributed by atoms with Crippen molar-refractivity contribution in [2.24, 2.45) is 11.0 Å². The van der Waals surface area contributed by atoms with Crippen LogP contribution in [0.25, 0.3) is 0 Å². The number of hydrogen-bond donors (Lipinski definition) is 3. The van der Waals surface area contributed by atoms with Crippen LogP contribution in [0.15, 0.2) is 59.7 Å². The number of rotatable bonds is 4. The van der Waals surface area contributed by atoms with E-state index in [1.165, 1.54) is 12.3 Å². The number of phenolic OH excluding ortho intramolecular Hbond substituents is 1. The average molecular weight is 323 g/mol. The number of carbonyl (C=O) groups excluding carboxylic acids is 2. The number of hydrazone groups is 1. The second-order valence-corrected chi connectivity index (χ2v) is 5.57. The molecule has 2 aromatic rings. The highest BCUT2D eigenvalue weighted by Crippen LogP contribution is 2.28. The number of hydrogen-bond acceptors (Lipinski definition) is 4. The molecule has 2 atom stereocenters. The Balaban J connectivity index is 1.70. The zero-order valence-electron chi connectivity index (χ0n) is 12.8. The van der Waals surface area contributed by atoms with Crippen LogP contribution in [0, 0.1) is 5.92 Å². The van der Waals surface area contributed by atoms with Crippen molar-refractivity contribution in [1.29, 1.82) is 0 Å². The Bertz CT molecular complexity index is 774. The molecule has 1 saturated heterocycles. The minimum atomic E-state index is -0.811. The molecule has 3 N–H and O–H groups in total. The Morgan fingerprint density at radius 1 is 1.21 bits per heavy atom. The summed E-state index contributed by atoms with van der Waals surface area (Å²) in [6.45, 7) is 0.428. The fraction of sp³-hybridized carbons (Fsp3) is 0.167. The number of aromatic hydroxyl groups is 1. The number of benzene rings is 2. The summed E-state index contributed by atoms with van der Waals surface area (Å²) < 4.78 is 0. The van der Waals surface area contributed by atoms with Crippen LogP contribution in [0.4, 0.5) is 0 Å². The minimum Gasteiger partial charge on any atom is -0.508 e. The largest absolute Gasteiger partial charge is 0.508 e. The summed E-state index contributed by atoms with van der Waals surface area (Å²) in [4.78, 5) is 24.4. The van der Waals surface area contributed by atoms with Crippen LogP contribution in [-0.2, 0) is 9.59 Å². The zero-order valence-corrected chi connectivity index (χ0v) is 12.8. The second-order valence-electron chi connectivity index (χ2n) is 5.57. The Hall–Kier alpha value is -3.15. The van der Waals surface area contributed by atoms with Gasteiger partial charge in [0.1, 0.15) is 11.7 Å². The molecule has 3 rings (SSSR count). The van der Waals surface area contributed by atoms with Crippen LogP contribution in [0.3, 0.4) is 0 Å². The molecule has 6 nitrogen and oxygen atoms in total. The highest BCUT2D eigenvalue weighted by molar-refractivity contribution is 6.03. The molecule has 2 amide bonds. The Morgan fingerprint density at radius 2 is 2.00 bits per heavy atom. The van der Waals surface area contributed by atoms with Crippen LogP contribution in [0.1, 0.15) is 17.0 Å². The topological polar surface area (TPSA) is 90.8 Å². The van der Waals surface area contributed by atoms with Gasteiger partial charge in [-0.05, 0) is 23.3 Å². The number of carbonyl (C=O) groups is 2. The minimum absolute atomic E-state index is 0.115. The second kappa shape index (κ2) is 6.95. The zero-order chi connectivity index (χ0) is 16.9. The van der Waals surface area contributed by atoms with Gasteiger partial charge in [0.05, 0.1) is 6.21 Å². The molecule has 24 heavy (non-hydrogen) atoms. The molecule has 0 saturated carbocycles. The molecule has 0 aliphatic carbocycles. The van der Waals surface area contributed by atoms with Crippen LogP contribution in [0.5, 0.6) is 5.75 Å². The first-order chi connectivity index (χ1) is 11.6. The maximum absolute atomic E-state index is 12.4. The molecule has 1 aliphatic heterocycles. The molecule has 0 aromatic heterocycles. The maximum atomic E-state index is 12.4. The van der Waals surface area contributed by atoms with Gasteiger partial charge in [0, 0.05) is 12.5 Å². The molecule has 0 spiro atoms. The third kappa shape index (κ3) is 3.43. The molecule has 122 valence electrons. The highest BCUT2D eigenvalue weighted by Gasteiger charge is 2.40. The molecule has 0 radical (unpaired) electrons. The van der Waals surface area contributed by atoms with Crippen LogP contribution < -0.4 is 10.7 Å². The summed E-state index contributed by atoms with van der Waals surface area (Å²) in [7, 11) is 0. The molecule has 1 heterocycles. The number of phenols is 1. The van der Waals surface area contributed by atoms with E-state index in [1.807, 2.05) is 30.3 Å². The first-order valence-electron chi connectivity index (χ1n) is 7.60. The van der Waals surface area contributed by atoms with Gasteiger partial charge in [0.2, 0.25) is 5.91 Å². The SMILES string of the molecule is O=C1NCC(c2ccccc2)C1C(=O)NN=Cc1cccc(O)c1. The van der Waals surface area contributed by atoms with E-state index in [4.69, 9.17) is 0 Å². The van der Waals surface area contributed by atoms with E-state index in [0.29, 0.717) is 12.1 Å². The van der Waals surface area contributed by atoms with E-state index >= 15 is 0 Å². The molecule has 2 unspecified atom stereocenters. The third-order valence-corrected chi connectivity index (χ3v) is 3.95. The molecule has 1 aliphatic rings. The number of amides is 2. The van der Waals surface area contributed by atoms with Gasteiger partial charge < -0.3 is 10.4 Å². The lowest BCUT2D eigenvalue weighted by atomic mass is 9.88. The van der Waals surface area contributed by atoms with Crippen LogP contribution in [-0.4, -0.2) is 29.7 Å². The Labute approximate surface area is 139 Å². The standard InChI is InChI=1S/C18H17N3O3/c22-14-8-4-5-12(9-14)10-20-21-18(24)16-15(11-19-17(16)23)13-6-2-1-3-7-13/h1-10,15-16,22H,11H2,(H,19,23)(H,21,24). The summed E-state index contributed by atoms with van der Waals surface area (Å²) >= 11 is 0. The Morgan fingerprint density at radius 3 is 2.75 bits per heavy atom. The van der Waals surface area contributed by atoms with E-state index in [9.17, 15) is 14.7 Å². The van der Waals surface area contributed by atoms with Gasteiger partial charge in [-0.15, -0.1) is 0 Å². The quantitative estimate of drug-likeness (QED) is 0.451. The first kappa shape index (κ1) is 15.7. The Kier molecular flexibility index (Phi) is 4.56. The van der Waals surface area contributed by atoms with E-state index in [-0.39, 0.29) is 17.6 Å². The van der Waals surface area contributed by atoms with E-state index in [2.05, 4.69) is 15.8 Å². The van der Waals surface area contributed by atoms with Gasteiger partial charge in [-0.1, -0.05) is 42.5 Å². The third-order valence-electron chi connectivity index (χ3n) is 3.95. The summed E-state index contributed by atoms with van der Waals surface area (Å²) in [5.41, 5.74) is 3.99. The van der Waals surface area contributed by atoms with Crippen molar-refractivity contribution < 1.29 is 14.7 Å². The van der Waals surface area contributed by atoms with Crippen molar-refractivity contribution >= 4 is 18.0 Å². The lowest BCUT2D eigenvalue weighted by molar-refractivity contribution is -0.133. The molecular formula is C18H17N3O3. The van der Waals surface area contributed by atoms with E-state index in [0.717, 1.165) is 5.56 Å². The van der Waals surface area contributed by atoms with Crippen LogP contribution >= 0.6 is 0 Å². The van der Waals surface area contributed by atoms with Gasteiger partial charge in [-0.3, -0.25) is 9.59 Å². The van der Waals surface area contributed by atoms with E-state index < -0.39 is 11.8 Å². The monoisotopic (exact) mass is 323 g/mol. The van der Waals surface area contributed by atoms with Crippen molar-refractivity contribution in [3.8, 4) is 5.75 Å². The summed E-state index contributed by atoms with van der Waals surface area (Å²) in [5.74, 6) is -1.66. The predicted octanol–water partition coefficient (Wildman–Crippen LogP) is 1.37. The van der Waals surface area contributed by atoms with Crippen molar-refractivity contribution in [3.05, 3.63) is 65.7 Å². The fourth-order valence-corrected chi connectivity index (χ4v) is 2.78. The average Bonchev–Trinajstić information content (AvgIpc) is 2.97. The fourth-order valence-electron chi connectivity index (χ4n) is 2.78. The smallest absolute Gasteiger partial charge is 0.253 e. The predicted molar refractivity (Wildman–Crippen MR) is 89.5 cm³/mol. The van der Waals surface area contributed by atoms with Crippen molar-refractivity contribution in [1.82, 2.24) is 10.7 Å². The van der Waals surface area contributed by atoms with Gasteiger partial charge in [0.15, 0.2) is 0 Å². The van der Waals surface area contributed by atoms with Crippen molar-refractivity contribution in [3.63, 3.8) is 0 Å². The molecule has 1 fully saturated rings.